The summed E-state index contributed by atoms with van der Waals surface area (Å²) in [5, 5.41) is 18.5. The average molecular weight is 441 g/mol. The molecule has 0 aromatic heterocycles. The smallest absolute Gasteiger partial charge is 0.306 e. The Morgan fingerprint density at radius 3 is 1.61 bits per heavy atom. The lowest BCUT2D eigenvalue weighted by molar-refractivity contribution is -0.170. The van der Waals surface area contributed by atoms with Crippen LogP contribution in [0.3, 0.4) is 0 Å². The van der Waals surface area contributed by atoms with Gasteiger partial charge in [-0.3, -0.25) is 9.59 Å². The third-order valence-corrected chi connectivity index (χ3v) is 6.96. The Morgan fingerprint density at radius 1 is 0.742 bits per heavy atom. The van der Waals surface area contributed by atoms with E-state index in [-0.39, 0.29) is 24.9 Å². The largest absolute Gasteiger partial charge is 0.481 e. The van der Waals surface area contributed by atoms with Crippen molar-refractivity contribution in [2.45, 2.75) is 141 Å². The van der Waals surface area contributed by atoms with Gasteiger partial charge in [-0.05, 0) is 38.5 Å². The zero-order valence-corrected chi connectivity index (χ0v) is 20.0. The molecule has 1 saturated carbocycles. The van der Waals surface area contributed by atoms with Gasteiger partial charge < -0.3 is 14.9 Å². The number of hydrogen-bond acceptors (Lipinski definition) is 4. The first-order valence-electron chi connectivity index (χ1n) is 13.0. The predicted molar refractivity (Wildman–Crippen MR) is 125 cm³/mol. The third-order valence-electron chi connectivity index (χ3n) is 6.96. The second-order valence-corrected chi connectivity index (χ2v) is 9.67. The molecule has 0 aromatic rings. The van der Waals surface area contributed by atoms with E-state index in [2.05, 4.69) is 0 Å². The summed E-state index contributed by atoms with van der Waals surface area (Å²) in [6.45, 7) is 2.10. The SMILES string of the molecule is CC(CO)C1(OC(=O)CCCCCCCCCCC(=O)O)CCCCCCCCCC1. The molecule has 182 valence electrons. The highest BCUT2D eigenvalue weighted by atomic mass is 16.6. The number of aliphatic carboxylic acids is 1. The minimum atomic E-state index is -0.706. The first kappa shape index (κ1) is 27.9. The number of aliphatic hydroxyl groups excluding tert-OH is 1. The second-order valence-electron chi connectivity index (χ2n) is 9.67. The minimum Gasteiger partial charge on any atom is -0.481 e. The van der Waals surface area contributed by atoms with Crippen LogP contribution in [-0.4, -0.2) is 34.4 Å². The van der Waals surface area contributed by atoms with Crippen molar-refractivity contribution in [3.63, 3.8) is 0 Å². The maximum absolute atomic E-state index is 12.7. The number of carboxylic acids is 1. The first-order chi connectivity index (χ1) is 15.0. The summed E-state index contributed by atoms with van der Waals surface area (Å²) >= 11 is 0. The first-order valence-corrected chi connectivity index (χ1v) is 13.0. The van der Waals surface area contributed by atoms with Crippen LogP contribution in [0.2, 0.25) is 0 Å². The number of unbranched alkanes of at least 4 members (excludes halogenated alkanes) is 7. The Labute approximate surface area is 190 Å². The van der Waals surface area contributed by atoms with Gasteiger partial charge >= 0.3 is 11.9 Å². The Morgan fingerprint density at radius 2 is 1.16 bits per heavy atom. The number of carbonyl (C=O) groups excluding carboxylic acids is 1. The van der Waals surface area contributed by atoms with Crippen LogP contribution in [0.15, 0.2) is 0 Å². The molecule has 1 aliphatic carbocycles. The van der Waals surface area contributed by atoms with Crippen molar-refractivity contribution in [2.75, 3.05) is 6.61 Å². The molecule has 1 aliphatic rings. The van der Waals surface area contributed by atoms with Gasteiger partial charge in [-0.15, -0.1) is 0 Å². The van der Waals surface area contributed by atoms with Crippen LogP contribution in [0.5, 0.6) is 0 Å². The summed E-state index contributed by atoms with van der Waals surface area (Å²) in [6.07, 6.45) is 20.3. The van der Waals surface area contributed by atoms with Gasteiger partial charge in [-0.1, -0.05) is 84.0 Å². The molecule has 1 atom stereocenters. The molecule has 1 rings (SSSR count). The van der Waals surface area contributed by atoms with Crippen LogP contribution < -0.4 is 0 Å². The molecule has 0 heterocycles. The molecule has 31 heavy (non-hydrogen) atoms. The van der Waals surface area contributed by atoms with Gasteiger partial charge in [-0.2, -0.15) is 0 Å². The molecule has 0 saturated heterocycles. The van der Waals surface area contributed by atoms with Crippen LogP contribution in [0.25, 0.3) is 0 Å². The van der Waals surface area contributed by atoms with Gasteiger partial charge in [0.05, 0.1) is 0 Å². The van der Waals surface area contributed by atoms with Crippen LogP contribution in [0, 0.1) is 5.92 Å². The standard InChI is InChI=1S/C26H48O5/c1-23(22-27)26(20-16-12-8-4-5-9-13-17-21-26)31-25(30)19-15-11-7-3-2-6-10-14-18-24(28)29/h23,27H,2-22H2,1H3,(H,28,29). The van der Waals surface area contributed by atoms with Crippen molar-refractivity contribution in [3.05, 3.63) is 0 Å². The molecule has 0 bridgehead atoms. The fourth-order valence-electron chi connectivity index (χ4n) is 4.78. The van der Waals surface area contributed by atoms with E-state index in [1.54, 1.807) is 0 Å². The molecule has 0 spiro atoms. The number of aliphatic hydroxyl groups is 1. The summed E-state index contributed by atoms with van der Waals surface area (Å²) in [4.78, 5) is 23.2. The van der Waals surface area contributed by atoms with Gasteiger partial charge in [0.15, 0.2) is 0 Å². The van der Waals surface area contributed by atoms with E-state index in [0.29, 0.717) is 6.42 Å². The number of hydrogen-bond donors (Lipinski definition) is 2. The van der Waals surface area contributed by atoms with Gasteiger partial charge in [0.1, 0.15) is 5.60 Å². The second kappa shape index (κ2) is 17.5. The van der Waals surface area contributed by atoms with Crippen LogP contribution in [-0.2, 0) is 14.3 Å². The Hall–Kier alpha value is -1.10. The van der Waals surface area contributed by atoms with Crippen molar-refractivity contribution >= 4 is 11.9 Å². The molecule has 1 unspecified atom stereocenters. The molecule has 0 radical (unpaired) electrons. The number of esters is 1. The summed E-state index contributed by atoms with van der Waals surface area (Å²) in [5.41, 5.74) is -0.494. The van der Waals surface area contributed by atoms with Gasteiger partial charge in [-0.25, -0.2) is 0 Å². The van der Waals surface area contributed by atoms with Crippen molar-refractivity contribution in [1.29, 1.82) is 0 Å². The van der Waals surface area contributed by atoms with E-state index in [0.717, 1.165) is 77.0 Å². The van der Waals surface area contributed by atoms with E-state index in [1.807, 2.05) is 6.92 Å². The number of rotatable bonds is 14. The van der Waals surface area contributed by atoms with E-state index >= 15 is 0 Å². The van der Waals surface area contributed by atoms with Crippen LogP contribution in [0.4, 0.5) is 0 Å². The lowest BCUT2D eigenvalue weighted by Gasteiger charge is -2.38. The molecular formula is C26H48O5. The van der Waals surface area contributed by atoms with Crippen molar-refractivity contribution in [1.82, 2.24) is 0 Å². The van der Waals surface area contributed by atoms with E-state index in [9.17, 15) is 14.7 Å². The summed E-state index contributed by atoms with van der Waals surface area (Å²) in [5.74, 6) is -0.815. The van der Waals surface area contributed by atoms with Crippen molar-refractivity contribution < 1.29 is 24.5 Å². The average Bonchev–Trinajstić information content (AvgIpc) is 2.80. The molecule has 0 aromatic carbocycles. The van der Waals surface area contributed by atoms with E-state index in [1.165, 1.54) is 38.5 Å². The highest BCUT2D eigenvalue weighted by molar-refractivity contribution is 5.70. The van der Waals surface area contributed by atoms with Crippen molar-refractivity contribution in [3.8, 4) is 0 Å². The molecule has 1 fully saturated rings. The fraction of sp³-hybridized carbons (Fsp3) is 0.923. The predicted octanol–water partition coefficient (Wildman–Crippen LogP) is 6.80. The van der Waals surface area contributed by atoms with Crippen LogP contribution in [0.1, 0.15) is 135 Å². The summed E-state index contributed by atoms with van der Waals surface area (Å²) < 4.78 is 6.15. The summed E-state index contributed by atoms with van der Waals surface area (Å²) in [7, 11) is 0. The lowest BCUT2D eigenvalue weighted by atomic mass is 9.80. The zero-order valence-electron chi connectivity index (χ0n) is 20.0. The quantitative estimate of drug-likeness (QED) is 0.229. The third kappa shape index (κ3) is 13.1. The lowest BCUT2D eigenvalue weighted by Crippen LogP contribution is -2.43. The maximum atomic E-state index is 12.7. The monoisotopic (exact) mass is 440 g/mol. The molecule has 5 nitrogen and oxygen atoms in total. The highest BCUT2D eigenvalue weighted by Gasteiger charge is 2.38. The van der Waals surface area contributed by atoms with Gasteiger partial charge in [0.25, 0.3) is 0 Å². The van der Waals surface area contributed by atoms with Crippen LogP contribution >= 0.6 is 0 Å². The molecule has 2 N–H and O–H groups in total. The van der Waals surface area contributed by atoms with Gasteiger partial charge in [0.2, 0.25) is 0 Å². The number of carbonyl (C=O) groups is 2. The minimum absolute atomic E-state index is 0.0154. The van der Waals surface area contributed by atoms with Gasteiger partial charge in [0, 0.05) is 25.4 Å². The molecule has 0 aliphatic heterocycles. The molecule has 0 amide bonds. The fourth-order valence-corrected chi connectivity index (χ4v) is 4.78. The topological polar surface area (TPSA) is 83.8 Å². The Balaban J connectivity index is 2.32. The molecular weight excluding hydrogens is 392 g/mol. The summed E-state index contributed by atoms with van der Waals surface area (Å²) in [6, 6.07) is 0. The number of carboxylic acid groups (broad SMARTS) is 1. The number of ether oxygens (including phenoxy) is 1. The Kier molecular flexibility index (Phi) is 15.7. The van der Waals surface area contributed by atoms with E-state index in [4.69, 9.17) is 9.84 Å². The normalized spacial score (nSPS) is 18.6. The zero-order chi connectivity index (χ0) is 22.8. The molecule has 5 heteroatoms. The highest BCUT2D eigenvalue weighted by Crippen LogP contribution is 2.35. The maximum Gasteiger partial charge on any atom is 0.306 e. The van der Waals surface area contributed by atoms with E-state index < -0.39 is 11.6 Å². The Bertz CT molecular complexity index is 464. The van der Waals surface area contributed by atoms with Crippen molar-refractivity contribution in [2.24, 2.45) is 5.92 Å².